The van der Waals surface area contributed by atoms with E-state index < -0.39 is 0 Å². The van der Waals surface area contributed by atoms with Gasteiger partial charge in [-0.05, 0) is 50.4 Å². The van der Waals surface area contributed by atoms with Gasteiger partial charge in [0.15, 0.2) is 5.78 Å². The predicted octanol–water partition coefficient (Wildman–Crippen LogP) is 2.58. The number of carbonyl (C=O) groups excluding carboxylic acids is 1. The Kier molecular flexibility index (Phi) is 3.22. The summed E-state index contributed by atoms with van der Waals surface area (Å²) in [6.07, 6.45) is 2.21. The maximum atomic E-state index is 12.2. The van der Waals surface area contributed by atoms with Crippen LogP contribution in [0.15, 0.2) is 11.4 Å². The van der Waals surface area contributed by atoms with Crippen LogP contribution in [-0.2, 0) is 0 Å². The third kappa shape index (κ3) is 2.29. The monoisotopic (exact) mass is 223 g/mol. The van der Waals surface area contributed by atoms with Crippen LogP contribution in [0.4, 0.5) is 0 Å². The first-order chi connectivity index (χ1) is 7.18. The van der Waals surface area contributed by atoms with E-state index >= 15 is 0 Å². The molecule has 0 N–H and O–H groups in total. The lowest BCUT2D eigenvalue weighted by Gasteiger charge is -2.28. The fourth-order valence-electron chi connectivity index (χ4n) is 2.19. The van der Waals surface area contributed by atoms with E-state index in [0.29, 0.717) is 5.78 Å². The Morgan fingerprint density at radius 3 is 3.00 bits per heavy atom. The molecule has 1 aliphatic heterocycles. The van der Waals surface area contributed by atoms with Crippen LogP contribution in [0.1, 0.15) is 28.1 Å². The Labute approximate surface area is 94.9 Å². The first-order valence-electron chi connectivity index (χ1n) is 5.45. The number of hydrogen-bond donors (Lipinski definition) is 0. The molecule has 1 saturated heterocycles. The zero-order chi connectivity index (χ0) is 10.8. The molecule has 1 aromatic rings. The molecule has 1 fully saturated rings. The molecule has 82 valence electrons. The van der Waals surface area contributed by atoms with Gasteiger partial charge in [0, 0.05) is 12.5 Å². The molecule has 1 aromatic heterocycles. The molecule has 2 rings (SSSR count). The first kappa shape index (κ1) is 10.8. The molecule has 1 unspecified atom stereocenters. The van der Waals surface area contributed by atoms with Crippen molar-refractivity contribution in [2.45, 2.75) is 19.8 Å². The fourth-order valence-corrected chi connectivity index (χ4v) is 3.14. The Morgan fingerprint density at radius 2 is 2.40 bits per heavy atom. The van der Waals surface area contributed by atoms with Crippen LogP contribution in [0.25, 0.3) is 0 Å². The van der Waals surface area contributed by atoms with Crippen LogP contribution >= 0.6 is 11.3 Å². The van der Waals surface area contributed by atoms with Crippen molar-refractivity contribution < 1.29 is 4.79 Å². The second-order valence-corrected chi connectivity index (χ2v) is 5.31. The van der Waals surface area contributed by atoms with Crippen LogP contribution in [0, 0.1) is 12.8 Å². The molecular formula is C12H17NOS. The standard InChI is InChI=1S/C12H17NOS/c1-9-5-7-15-12(9)11(14)10-4-3-6-13(2)8-10/h5,7,10H,3-4,6,8H2,1-2H3. The van der Waals surface area contributed by atoms with Gasteiger partial charge in [0.05, 0.1) is 4.88 Å². The lowest BCUT2D eigenvalue weighted by atomic mass is 9.92. The summed E-state index contributed by atoms with van der Waals surface area (Å²) in [5.41, 5.74) is 1.14. The number of aryl methyl sites for hydroxylation is 1. The van der Waals surface area contributed by atoms with Crippen molar-refractivity contribution in [2.24, 2.45) is 5.92 Å². The van der Waals surface area contributed by atoms with E-state index in [2.05, 4.69) is 11.9 Å². The number of piperidine rings is 1. The van der Waals surface area contributed by atoms with Gasteiger partial charge in [0.2, 0.25) is 0 Å². The van der Waals surface area contributed by atoms with Gasteiger partial charge in [0.1, 0.15) is 0 Å². The quantitative estimate of drug-likeness (QED) is 0.718. The number of thiophene rings is 1. The summed E-state index contributed by atoms with van der Waals surface area (Å²) in [5.74, 6) is 0.579. The molecule has 2 nitrogen and oxygen atoms in total. The third-order valence-corrected chi connectivity index (χ3v) is 4.11. The zero-order valence-corrected chi connectivity index (χ0v) is 10.1. The van der Waals surface area contributed by atoms with Gasteiger partial charge in [-0.2, -0.15) is 0 Å². The van der Waals surface area contributed by atoms with Crippen LogP contribution in [-0.4, -0.2) is 30.8 Å². The van der Waals surface area contributed by atoms with E-state index in [-0.39, 0.29) is 5.92 Å². The normalized spacial score (nSPS) is 22.9. The van der Waals surface area contributed by atoms with Crippen molar-refractivity contribution in [3.05, 3.63) is 21.9 Å². The van der Waals surface area contributed by atoms with Crippen molar-refractivity contribution >= 4 is 17.1 Å². The van der Waals surface area contributed by atoms with Crippen molar-refractivity contribution in [3.63, 3.8) is 0 Å². The van der Waals surface area contributed by atoms with E-state index in [1.165, 1.54) is 0 Å². The summed E-state index contributed by atoms with van der Waals surface area (Å²) in [4.78, 5) is 15.4. The number of Topliss-reactive ketones (excluding diaryl/α,β-unsaturated/α-hetero) is 1. The minimum atomic E-state index is 0.223. The molecule has 0 bridgehead atoms. The average Bonchev–Trinajstić information content (AvgIpc) is 2.63. The van der Waals surface area contributed by atoms with Gasteiger partial charge < -0.3 is 4.90 Å². The smallest absolute Gasteiger partial charge is 0.177 e. The minimum Gasteiger partial charge on any atom is -0.306 e. The Hall–Kier alpha value is -0.670. The van der Waals surface area contributed by atoms with E-state index in [1.54, 1.807) is 11.3 Å². The zero-order valence-electron chi connectivity index (χ0n) is 9.32. The maximum absolute atomic E-state index is 12.2. The SMILES string of the molecule is Cc1ccsc1C(=O)C1CCCN(C)C1. The molecule has 15 heavy (non-hydrogen) atoms. The van der Waals surface area contributed by atoms with Crippen molar-refractivity contribution in [2.75, 3.05) is 20.1 Å². The highest BCUT2D eigenvalue weighted by atomic mass is 32.1. The van der Waals surface area contributed by atoms with E-state index in [9.17, 15) is 4.79 Å². The number of hydrogen-bond acceptors (Lipinski definition) is 3. The molecular weight excluding hydrogens is 206 g/mol. The molecule has 0 spiro atoms. The summed E-state index contributed by atoms with van der Waals surface area (Å²) in [7, 11) is 2.10. The van der Waals surface area contributed by atoms with Crippen molar-refractivity contribution in [1.29, 1.82) is 0 Å². The average molecular weight is 223 g/mol. The number of nitrogens with zero attached hydrogens (tertiary/aromatic N) is 1. The van der Waals surface area contributed by atoms with Crippen LogP contribution in [0.3, 0.4) is 0 Å². The Bertz CT molecular complexity index is 358. The highest BCUT2D eigenvalue weighted by Gasteiger charge is 2.26. The second-order valence-electron chi connectivity index (χ2n) is 4.40. The van der Waals surface area contributed by atoms with Gasteiger partial charge in [-0.15, -0.1) is 11.3 Å². The molecule has 0 radical (unpaired) electrons. The maximum Gasteiger partial charge on any atom is 0.177 e. The summed E-state index contributed by atoms with van der Waals surface area (Å²) in [6.45, 7) is 4.08. The molecule has 2 heterocycles. The summed E-state index contributed by atoms with van der Waals surface area (Å²) >= 11 is 1.58. The van der Waals surface area contributed by atoms with Gasteiger partial charge in [-0.25, -0.2) is 0 Å². The fraction of sp³-hybridized carbons (Fsp3) is 0.583. The van der Waals surface area contributed by atoms with E-state index in [0.717, 1.165) is 36.4 Å². The number of ketones is 1. The summed E-state index contributed by atoms with van der Waals surface area (Å²) in [6, 6.07) is 2.03. The first-order valence-corrected chi connectivity index (χ1v) is 6.33. The number of carbonyl (C=O) groups is 1. The van der Waals surface area contributed by atoms with Gasteiger partial charge in [-0.3, -0.25) is 4.79 Å². The highest BCUT2D eigenvalue weighted by Crippen LogP contribution is 2.24. The molecule has 0 aliphatic carbocycles. The van der Waals surface area contributed by atoms with Crippen molar-refractivity contribution in [1.82, 2.24) is 4.90 Å². The van der Waals surface area contributed by atoms with E-state index in [1.807, 2.05) is 18.4 Å². The van der Waals surface area contributed by atoms with Crippen LogP contribution in [0.5, 0.6) is 0 Å². The predicted molar refractivity (Wildman–Crippen MR) is 63.6 cm³/mol. The molecule has 0 amide bonds. The van der Waals surface area contributed by atoms with E-state index in [4.69, 9.17) is 0 Å². The second kappa shape index (κ2) is 4.45. The molecule has 3 heteroatoms. The minimum absolute atomic E-state index is 0.223. The van der Waals surface area contributed by atoms with Crippen LogP contribution < -0.4 is 0 Å². The molecule has 0 aromatic carbocycles. The lowest BCUT2D eigenvalue weighted by molar-refractivity contribution is 0.0847. The van der Waals surface area contributed by atoms with Gasteiger partial charge >= 0.3 is 0 Å². The lowest BCUT2D eigenvalue weighted by Crippen LogP contribution is -2.36. The Morgan fingerprint density at radius 1 is 1.60 bits per heavy atom. The summed E-state index contributed by atoms with van der Waals surface area (Å²) < 4.78 is 0. The Balaban J connectivity index is 2.11. The molecule has 1 atom stereocenters. The molecule has 0 saturated carbocycles. The topological polar surface area (TPSA) is 20.3 Å². The molecule has 1 aliphatic rings. The van der Waals surface area contributed by atoms with Crippen molar-refractivity contribution in [3.8, 4) is 0 Å². The largest absolute Gasteiger partial charge is 0.306 e. The third-order valence-electron chi connectivity index (χ3n) is 3.08. The van der Waals surface area contributed by atoms with Gasteiger partial charge in [-0.1, -0.05) is 0 Å². The van der Waals surface area contributed by atoms with Crippen LogP contribution in [0.2, 0.25) is 0 Å². The summed E-state index contributed by atoms with van der Waals surface area (Å²) in [5, 5.41) is 2.01. The highest BCUT2D eigenvalue weighted by molar-refractivity contribution is 7.12. The van der Waals surface area contributed by atoms with Gasteiger partial charge in [0.25, 0.3) is 0 Å². The number of rotatable bonds is 2. The number of likely N-dealkylation sites (tertiary alicyclic amines) is 1.